The molecular formula is C10H21FN2O. The predicted octanol–water partition coefficient (Wildman–Crippen LogP) is 1.18. The molecule has 0 saturated carbocycles. The highest BCUT2D eigenvalue weighted by Crippen LogP contribution is 2.19. The molecule has 1 aliphatic heterocycles. The molecular weight excluding hydrogens is 183 g/mol. The van der Waals surface area contributed by atoms with Crippen LogP contribution in [0.3, 0.4) is 0 Å². The van der Waals surface area contributed by atoms with Crippen molar-refractivity contribution in [2.75, 3.05) is 19.6 Å². The van der Waals surface area contributed by atoms with Gasteiger partial charge in [0.25, 0.3) is 0 Å². The van der Waals surface area contributed by atoms with Crippen molar-refractivity contribution in [3.63, 3.8) is 0 Å². The number of hydrogen-bond acceptors (Lipinski definition) is 2. The molecule has 0 spiro atoms. The van der Waals surface area contributed by atoms with Crippen molar-refractivity contribution in [1.29, 1.82) is 0 Å². The smallest absolute Gasteiger partial charge is 0.231 e. The Morgan fingerprint density at radius 1 is 1.57 bits per heavy atom. The first-order chi connectivity index (χ1) is 6.59. The van der Waals surface area contributed by atoms with E-state index in [0.29, 0.717) is 6.54 Å². The molecule has 1 amide bonds. The van der Waals surface area contributed by atoms with Gasteiger partial charge in [0.1, 0.15) is 6.17 Å². The second-order valence-corrected chi connectivity index (χ2v) is 3.48. The highest BCUT2D eigenvalue weighted by molar-refractivity contribution is 5.75. The Labute approximate surface area is 85.5 Å². The van der Waals surface area contributed by atoms with Crippen molar-refractivity contribution in [1.82, 2.24) is 4.90 Å². The maximum atomic E-state index is 13.1. The maximum absolute atomic E-state index is 13.1. The number of hydrogen-bond donors (Lipinski definition) is 1. The molecule has 14 heavy (non-hydrogen) atoms. The summed E-state index contributed by atoms with van der Waals surface area (Å²) in [5.41, 5.74) is 5.00. The lowest BCUT2D eigenvalue weighted by atomic mass is 9.97. The number of nitrogens with zero attached hydrogens (tertiary/aromatic N) is 1. The van der Waals surface area contributed by atoms with Crippen LogP contribution >= 0.6 is 0 Å². The highest BCUT2D eigenvalue weighted by Gasteiger charge is 2.26. The minimum absolute atomic E-state index is 0.120. The topological polar surface area (TPSA) is 46.3 Å². The lowest BCUT2D eigenvalue weighted by Crippen LogP contribution is -2.44. The van der Waals surface area contributed by atoms with Crippen LogP contribution in [0.5, 0.6) is 0 Å². The third-order valence-electron chi connectivity index (χ3n) is 2.33. The van der Waals surface area contributed by atoms with Crippen LogP contribution in [-0.4, -0.2) is 36.6 Å². The van der Waals surface area contributed by atoms with Crippen molar-refractivity contribution < 1.29 is 9.18 Å². The second kappa shape index (κ2) is 6.76. The van der Waals surface area contributed by atoms with Crippen LogP contribution in [0.4, 0.5) is 4.39 Å². The van der Waals surface area contributed by atoms with E-state index in [-0.39, 0.29) is 18.4 Å². The minimum atomic E-state index is -0.807. The molecule has 1 rings (SSSR count). The molecule has 0 bridgehead atoms. The SMILES string of the molecule is CC.CC1CCN(CC(N)=O)CC1F. The number of likely N-dealkylation sites (tertiary alicyclic amines) is 1. The Hall–Kier alpha value is -0.640. The zero-order valence-corrected chi connectivity index (χ0v) is 9.29. The van der Waals surface area contributed by atoms with Crippen molar-refractivity contribution in [3.8, 4) is 0 Å². The van der Waals surface area contributed by atoms with Crippen LogP contribution in [0.25, 0.3) is 0 Å². The Bertz CT molecular complexity index is 176. The van der Waals surface area contributed by atoms with Crippen LogP contribution in [0.1, 0.15) is 27.2 Å². The summed E-state index contributed by atoms with van der Waals surface area (Å²) in [5, 5.41) is 0. The van der Waals surface area contributed by atoms with Crippen molar-refractivity contribution >= 4 is 5.91 Å². The fourth-order valence-corrected chi connectivity index (χ4v) is 1.45. The van der Waals surface area contributed by atoms with Crippen LogP contribution in [-0.2, 0) is 4.79 Å². The minimum Gasteiger partial charge on any atom is -0.369 e. The van der Waals surface area contributed by atoms with Gasteiger partial charge in [-0.05, 0) is 18.9 Å². The van der Waals surface area contributed by atoms with Gasteiger partial charge in [-0.1, -0.05) is 20.8 Å². The number of alkyl halides is 1. The number of carbonyl (C=O) groups excluding carboxylic acids is 1. The fourth-order valence-electron chi connectivity index (χ4n) is 1.45. The van der Waals surface area contributed by atoms with Crippen LogP contribution in [0, 0.1) is 5.92 Å². The Kier molecular flexibility index (Phi) is 6.45. The van der Waals surface area contributed by atoms with Gasteiger partial charge in [-0.15, -0.1) is 0 Å². The summed E-state index contributed by atoms with van der Waals surface area (Å²) in [6, 6.07) is 0. The van der Waals surface area contributed by atoms with Gasteiger partial charge in [-0.2, -0.15) is 0 Å². The molecule has 4 heteroatoms. The van der Waals surface area contributed by atoms with Crippen LogP contribution < -0.4 is 5.73 Å². The number of primary amides is 1. The van der Waals surface area contributed by atoms with E-state index in [1.54, 1.807) is 4.90 Å². The molecule has 3 nitrogen and oxygen atoms in total. The standard InChI is InChI=1S/C8H15FN2O.C2H6/c1-6-2-3-11(4-7(6)9)5-8(10)12;1-2/h6-7H,2-5H2,1H3,(H2,10,12);1-2H3. The monoisotopic (exact) mass is 204 g/mol. The van der Waals surface area contributed by atoms with E-state index in [9.17, 15) is 9.18 Å². The van der Waals surface area contributed by atoms with E-state index in [1.807, 2.05) is 20.8 Å². The van der Waals surface area contributed by atoms with Gasteiger partial charge in [0, 0.05) is 6.54 Å². The molecule has 1 fully saturated rings. The van der Waals surface area contributed by atoms with E-state index in [0.717, 1.165) is 13.0 Å². The van der Waals surface area contributed by atoms with Crippen molar-refractivity contribution in [2.45, 2.75) is 33.4 Å². The Morgan fingerprint density at radius 3 is 2.57 bits per heavy atom. The molecule has 0 aromatic carbocycles. The predicted molar refractivity (Wildman–Crippen MR) is 55.7 cm³/mol. The van der Waals surface area contributed by atoms with Crippen LogP contribution in [0.15, 0.2) is 0 Å². The van der Waals surface area contributed by atoms with Gasteiger partial charge < -0.3 is 5.73 Å². The number of rotatable bonds is 2. The lowest BCUT2D eigenvalue weighted by Gasteiger charge is -2.31. The van der Waals surface area contributed by atoms with Gasteiger partial charge in [0.15, 0.2) is 0 Å². The Balaban J connectivity index is 0.000000791. The number of carbonyl (C=O) groups is 1. The second-order valence-electron chi connectivity index (χ2n) is 3.48. The molecule has 1 heterocycles. The summed E-state index contributed by atoms with van der Waals surface area (Å²) in [4.78, 5) is 12.3. The fraction of sp³-hybridized carbons (Fsp3) is 0.900. The summed E-state index contributed by atoms with van der Waals surface area (Å²) in [6.07, 6.45) is 0.00662. The molecule has 2 N–H and O–H groups in total. The summed E-state index contributed by atoms with van der Waals surface area (Å²) in [5.74, 6) is -0.258. The van der Waals surface area contributed by atoms with Gasteiger partial charge in [0.2, 0.25) is 5.91 Å². The molecule has 2 atom stereocenters. The molecule has 0 aliphatic carbocycles. The van der Waals surface area contributed by atoms with E-state index < -0.39 is 6.17 Å². The summed E-state index contributed by atoms with van der Waals surface area (Å²) < 4.78 is 13.1. The molecule has 2 unspecified atom stereocenters. The summed E-state index contributed by atoms with van der Waals surface area (Å²) >= 11 is 0. The summed E-state index contributed by atoms with van der Waals surface area (Å²) in [7, 11) is 0. The van der Waals surface area contributed by atoms with E-state index in [4.69, 9.17) is 5.73 Å². The number of amides is 1. The molecule has 84 valence electrons. The average molecular weight is 204 g/mol. The van der Waals surface area contributed by atoms with E-state index in [2.05, 4.69) is 0 Å². The molecule has 0 radical (unpaired) electrons. The third kappa shape index (κ3) is 4.56. The third-order valence-corrected chi connectivity index (χ3v) is 2.33. The first-order valence-electron chi connectivity index (χ1n) is 5.24. The van der Waals surface area contributed by atoms with Crippen LogP contribution in [0.2, 0.25) is 0 Å². The largest absolute Gasteiger partial charge is 0.369 e. The van der Waals surface area contributed by atoms with E-state index in [1.165, 1.54) is 0 Å². The summed E-state index contributed by atoms with van der Waals surface area (Å²) in [6.45, 7) is 7.22. The zero-order valence-electron chi connectivity index (χ0n) is 9.29. The molecule has 1 aliphatic rings. The Morgan fingerprint density at radius 2 is 2.14 bits per heavy atom. The highest BCUT2D eigenvalue weighted by atomic mass is 19.1. The van der Waals surface area contributed by atoms with Gasteiger partial charge in [-0.25, -0.2) is 4.39 Å². The van der Waals surface area contributed by atoms with Crippen molar-refractivity contribution in [2.24, 2.45) is 11.7 Å². The average Bonchev–Trinajstić information content (AvgIpc) is 2.14. The maximum Gasteiger partial charge on any atom is 0.231 e. The molecule has 1 saturated heterocycles. The van der Waals surface area contributed by atoms with Crippen molar-refractivity contribution in [3.05, 3.63) is 0 Å². The molecule has 0 aromatic heterocycles. The zero-order chi connectivity index (χ0) is 11.1. The first kappa shape index (κ1) is 13.4. The lowest BCUT2D eigenvalue weighted by molar-refractivity contribution is -0.119. The number of piperidine rings is 1. The molecule has 0 aromatic rings. The number of nitrogens with two attached hydrogens (primary N) is 1. The van der Waals surface area contributed by atoms with Gasteiger partial charge in [-0.3, -0.25) is 9.69 Å². The normalized spacial score (nSPS) is 27.7. The van der Waals surface area contributed by atoms with Gasteiger partial charge in [0.05, 0.1) is 6.54 Å². The van der Waals surface area contributed by atoms with E-state index >= 15 is 0 Å². The quantitative estimate of drug-likeness (QED) is 0.734. The first-order valence-corrected chi connectivity index (χ1v) is 5.24. The van der Waals surface area contributed by atoms with Gasteiger partial charge >= 0.3 is 0 Å². The number of halogens is 1.